The van der Waals surface area contributed by atoms with Gasteiger partial charge in [0.2, 0.25) is 0 Å². The summed E-state index contributed by atoms with van der Waals surface area (Å²) in [4.78, 5) is 15.8. The first-order chi connectivity index (χ1) is 5.79. The summed E-state index contributed by atoms with van der Waals surface area (Å²) in [6, 6.07) is 3.98. The average molecular weight is 183 g/mol. The maximum atomic E-state index is 10.3. The van der Waals surface area contributed by atoms with E-state index in [-0.39, 0.29) is 0 Å². The minimum Gasteiger partial charge on any atom is -0.319 e. The highest BCUT2D eigenvalue weighted by Gasteiger charge is 1.90. The first kappa shape index (κ1) is 8.93. The monoisotopic (exact) mass is 183 g/mol. The Bertz CT molecular complexity index is 267. The molecule has 4 heteroatoms. The third-order valence-corrected chi connectivity index (χ3v) is 2.03. The number of nitrogens with zero attached hydrogens (tertiary/aromatic N) is 1. The van der Waals surface area contributed by atoms with Crippen molar-refractivity contribution in [2.75, 3.05) is 0 Å². The quantitative estimate of drug-likeness (QED) is 0.407. The third-order valence-electron chi connectivity index (χ3n) is 1.13. The zero-order valence-electron chi connectivity index (χ0n) is 6.69. The van der Waals surface area contributed by atoms with Gasteiger partial charge in [-0.25, -0.2) is 4.79 Å². The number of oxime groups is 1. The fraction of sp³-hybridized carbons (Fsp3) is 0.250. The van der Waals surface area contributed by atoms with Gasteiger partial charge in [-0.3, -0.25) is 0 Å². The molecular weight excluding hydrogens is 174 g/mol. The minimum atomic E-state index is -0.391. The molecule has 1 aromatic heterocycles. The smallest absolute Gasteiger partial charge is 0.319 e. The Kier molecular flexibility index (Phi) is 3.47. The van der Waals surface area contributed by atoms with Crippen LogP contribution in [-0.2, 0) is 16.1 Å². The van der Waals surface area contributed by atoms with Crippen LogP contribution in [0.15, 0.2) is 22.7 Å². The Balaban J connectivity index is 2.26. The third kappa shape index (κ3) is 3.30. The van der Waals surface area contributed by atoms with E-state index in [1.54, 1.807) is 17.6 Å². The standard InChI is InChI=1S/C8H9NO2S/c1-7(10)11-9-5-4-8-3-2-6-12-8/h2-3,5-6H,4H2,1H3. The van der Waals surface area contributed by atoms with Crippen molar-refractivity contribution in [3.63, 3.8) is 0 Å². The Labute approximate surface area is 74.7 Å². The van der Waals surface area contributed by atoms with E-state index >= 15 is 0 Å². The number of hydrogen-bond acceptors (Lipinski definition) is 4. The van der Waals surface area contributed by atoms with Gasteiger partial charge >= 0.3 is 5.97 Å². The fourth-order valence-electron chi connectivity index (χ4n) is 0.667. The second kappa shape index (κ2) is 4.66. The van der Waals surface area contributed by atoms with Gasteiger partial charge in [-0.2, -0.15) is 0 Å². The molecule has 0 radical (unpaired) electrons. The Morgan fingerprint density at radius 1 is 1.83 bits per heavy atom. The molecule has 0 amide bonds. The van der Waals surface area contributed by atoms with Crippen molar-refractivity contribution >= 4 is 23.5 Å². The maximum Gasteiger partial charge on any atom is 0.331 e. The van der Waals surface area contributed by atoms with Crippen LogP contribution in [0.5, 0.6) is 0 Å². The second-order valence-electron chi connectivity index (χ2n) is 2.15. The first-order valence-electron chi connectivity index (χ1n) is 3.51. The molecule has 3 nitrogen and oxygen atoms in total. The van der Waals surface area contributed by atoms with Crippen LogP contribution >= 0.6 is 11.3 Å². The van der Waals surface area contributed by atoms with Crippen molar-refractivity contribution in [2.45, 2.75) is 13.3 Å². The van der Waals surface area contributed by atoms with E-state index in [0.717, 1.165) is 0 Å². The largest absolute Gasteiger partial charge is 0.331 e. The Hall–Kier alpha value is -1.16. The lowest BCUT2D eigenvalue weighted by molar-refractivity contribution is -0.140. The number of carbonyl (C=O) groups excluding carboxylic acids is 1. The maximum absolute atomic E-state index is 10.3. The molecule has 0 saturated heterocycles. The minimum absolute atomic E-state index is 0.391. The van der Waals surface area contributed by atoms with Gasteiger partial charge < -0.3 is 4.84 Å². The van der Waals surface area contributed by atoms with Crippen LogP contribution in [0.3, 0.4) is 0 Å². The summed E-state index contributed by atoms with van der Waals surface area (Å²) in [5.41, 5.74) is 0. The second-order valence-corrected chi connectivity index (χ2v) is 3.19. The molecule has 1 heterocycles. The van der Waals surface area contributed by atoms with Gasteiger partial charge in [0, 0.05) is 24.4 Å². The number of rotatable bonds is 3. The highest BCUT2D eigenvalue weighted by molar-refractivity contribution is 7.10. The summed E-state index contributed by atoms with van der Waals surface area (Å²) in [7, 11) is 0. The summed E-state index contributed by atoms with van der Waals surface area (Å²) in [6.07, 6.45) is 2.29. The lowest BCUT2D eigenvalue weighted by atomic mass is 10.4. The molecule has 0 aliphatic heterocycles. The molecule has 1 rings (SSSR count). The van der Waals surface area contributed by atoms with Gasteiger partial charge in [-0.1, -0.05) is 11.2 Å². The molecule has 0 aromatic carbocycles. The lowest BCUT2D eigenvalue weighted by Gasteiger charge is -1.88. The molecule has 0 atom stereocenters. The van der Waals surface area contributed by atoms with Crippen LogP contribution in [0.4, 0.5) is 0 Å². The molecule has 0 fully saturated rings. The van der Waals surface area contributed by atoms with Crippen molar-refractivity contribution in [3.8, 4) is 0 Å². The van der Waals surface area contributed by atoms with Crippen molar-refractivity contribution in [2.24, 2.45) is 5.16 Å². The average Bonchev–Trinajstić information content (AvgIpc) is 2.49. The van der Waals surface area contributed by atoms with Crippen LogP contribution in [0.1, 0.15) is 11.8 Å². The molecule has 0 aliphatic carbocycles. The summed E-state index contributed by atoms with van der Waals surface area (Å²) >= 11 is 1.65. The summed E-state index contributed by atoms with van der Waals surface area (Å²) in [6.45, 7) is 1.32. The van der Waals surface area contributed by atoms with E-state index in [1.165, 1.54) is 11.8 Å². The first-order valence-corrected chi connectivity index (χ1v) is 4.39. The van der Waals surface area contributed by atoms with Crippen LogP contribution < -0.4 is 0 Å². The molecule has 64 valence electrons. The normalized spacial score (nSPS) is 10.4. The van der Waals surface area contributed by atoms with Crippen LogP contribution in [0.25, 0.3) is 0 Å². The summed E-state index contributed by atoms with van der Waals surface area (Å²) in [5, 5.41) is 5.47. The van der Waals surface area contributed by atoms with E-state index in [9.17, 15) is 4.79 Å². The highest BCUT2D eigenvalue weighted by Crippen LogP contribution is 2.07. The number of thiophene rings is 1. The molecule has 0 saturated carbocycles. The van der Waals surface area contributed by atoms with E-state index in [2.05, 4.69) is 9.99 Å². The van der Waals surface area contributed by atoms with Gasteiger partial charge in [0.1, 0.15) is 0 Å². The van der Waals surface area contributed by atoms with E-state index in [1.807, 2.05) is 17.5 Å². The fourth-order valence-corrected chi connectivity index (χ4v) is 1.33. The summed E-state index contributed by atoms with van der Waals surface area (Å²) in [5.74, 6) is -0.391. The van der Waals surface area contributed by atoms with Gasteiger partial charge in [-0.05, 0) is 11.4 Å². The SMILES string of the molecule is CC(=O)ON=CCc1cccs1. The Morgan fingerprint density at radius 2 is 2.67 bits per heavy atom. The van der Waals surface area contributed by atoms with Crippen molar-refractivity contribution < 1.29 is 9.63 Å². The van der Waals surface area contributed by atoms with Crippen LogP contribution in [-0.4, -0.2) is 12.2 Å². The van der Waals surface area contributed by atoms with E-state index < -0.39 is 5.97 Å². The van der Waals surface area contributed by atoms with E-state index in [0.29, 0.717) is 6.42 Å². The van der Waals surface area contributed by atoms with Crippen molar-refractivity contribution in [3.05, 3.63) is 22.4 Å². The van der Waals surface area contributed by atoms with Crippen molar-refractivity contribution in [1.29, 1.82) is 0 Å². The highest BCUT2D eigenvalue weighted by atomic mass is 32.1. The van der Waals surface area contributed by atoms with Crippen molar-refractivity contribution in [1.82, 2.24) is 0 Å². The van der Waals surface area contributed by atoms with Gasteiger partial charge in [0.05, 0.1) is 0 Å². The number of carbonyl (C=O) groups is 1. The summed E-state index contributed by atoms with van der Waals surface area (Å²) < 4.78 is 0. The van der Waals surface area contributed by atoms with Gasteiger partial charge in [0.15, 0.2) is 0 Å². The predicted molar refractivity (Wildman–Crippen MR) is 48.3 cm³/mol. The molecular formula is C8H9NO2S. The molecule has 0 unspecified atom stereocenters. The Morgan fingerprint density at radius 3 is 3.25 bits per heavy atom. The molecule has 0 spiro atoms. The van der Waals surface area contributed by atoms with Gasteiger partial charge in [-0.15, -0.1) is 11.3 Å². The molecule has 0 bridgehead atoms. The van der Waals surface area contributed by atoms with Crippen LogP contribution in [0.2, 0.25) is 0 Å². The topological polar surface area (TPSA) is 38.7 Å². The molecule has 12 heavy (non-hydrogen) atoms. The zero-order chi connectivity index (χ0) is 8.81. The molecule has 0 N–H and O–H groups in total. The number of hydrogen-bond donors (Lipinski definition) is 0. The van der Waals surface area contributed by atoms with Gasteiger partial charge in [0.25, 0.3) is 0 Å². The van der Waals surface area contributed by atoms with Crippen LogP contribution in [0, 0.1) is 0 Å². The lowest BCUT2D eigenvalue weighted by Crippen LogP contribution is -1.91. The molecule has 0 aliphatic rings. The zero-order valence-corrected chi connectivity index (χ0v) is 7.50. The predicted octanol–water partition coefficient (Wildman–Crippen LogP) is 1.84. The molecule has 1 aromatic rings. The van der Waals surface area contributed by atoms with E-state index in [4.69, 9.17) is 0 Å².